The van der Waals surface area contributed by atoms with Crippen LogP contribution in [-0.4, -0.2) is 23.1 Å². The van der Waals surface area contributed by atoms with Gasteiger partial charge in [0.2, 0.25) is 0 Å². The summed E-state index contributed by atoms with van der Waals surface area (Å²) < 4.78 is 5.85. The predicted molar refractivity (Wildman–Crippen MR) is 102 cm³/mol. The molecular formula is C16H14BrN3O4S. The summed E-state index contributed by atoms with van der Waals surface area (Å²) in [4.78, 5) is 23.0. The maximum atomic E-state index is 12.4. The number of ether oxygens (including phenoxy) is 1. The van der Waals surface area contributed by atoms with Crippen LogP contribution in [0.25, 0.3) is 0 Å². The van der Waals surface area contributed by atoms with E-state index in [1.54, 1.807) is 31.2 Å². The lowest BCUT2D eigenvalue weighted by Crippen LogP contribution is -2.34. The number of nitrogens with one attached hydrogen (secondary N) is 2. The molecule has 0 saturated carbocycles. The molecular weight excluding hydrogens is 410 g/mol. The number of benzene rings is 2. The van der Waals surface area contributed by atoms with Gasteiger partial charge < -0.3 is 10.1 Å². The smallest absolute Gasteiger partial charge is 0.292 e. The highest BCUT2D eigenvalue weighted by atomic mass is 79.9. The molecule has 0 radical (unpaired) electrons. The number of aryl methyl sites for hydroxylation is 1. The van der Waals surface area contributed by atoms with E-state index in [-0.39, 0.29) is 22.1 Å². The molecule has 0 unspecified atom stereocenters. The van der Waals surface area contributed by atoms with Crippen LogP contribution in [0.15, 0.2) is 40.9 Å². The summed E-state index contributed by atoms with van der Waals surface area (Å²) in [6, 6.07) is 9.63. The number of hydrogen-bond acceptors (Lipinski definition) is 5. The number of halogens is 1. The van der Waals surface area contributed by atoms with Gasteiger partial charge >= 0.3 is 0 Å². The summed E-state index contributed by atoms with van der Waals surface area (Å²) in [5, 5.41) is 16.2. The van der Waals surface area contributed by atoms with Gasteiger partial charge in [0, 0.05) is 10.5 Å². The highest BCUT2D eigenvalue weighted by Gasteiger charge is 2.17. The monoisotopic (exact) mass is 423 g/mol. The van der Waals surface area contributed by atoms with E-state index in [4.69, 9.17) is 17.0 Å². The van der Waals surface area contributed by atoms with Gasteiger partial charge in [0.25, 0.3) is 11.6 Å². The molecule has 0 atom stereocenters. The van der Waals surface area contributed by atoms with E-state index in [0.717, 1.165) is 5.56 Å². The second-order valence-electron chi connectivity index (χ2n) is 5.03. The zero-order valence-electron chi connectivity index (χ0n) is 13.3. The van der Waals surface area contributed by atoms with E-state index in [1.807, 2.05) is 0 Å². The van der Waals surface area contributed by atoms with Crippen LogP contribution in [0.5, 0.6) is 5.75 Å². The molecule has 1 amide bonds. The number of rotatable bonds is 4. The van der Waals surface area contributed by atoms with Gasteiger partial charge in [-0.1, -0.05) is 22.0 Å². The fraction of sp³-hybridized carbons (Fsp3) is 0.125. The molecule has 0 saturated heterocycles. The van der Waals surface area contributed by atoms with Gasteiger partial charge in [-0.05, 0) is 49.0 Å². The zero-order chi connectivity index (χ0) is 18.6. The fourth-order valence-electron chi connectivity index (χ4n) is 2.08. The first-order valence-corrected chi connectivity index (χ1v) is 8.23. The molecule has 0 heterocycles. The Morgan fingerprint density at radius 2 is 2.00 bits per heavy atom. The molecule has 2 aromatic carbocycles. The number of hydrogen-bond donors (Lipinski definition) is 2. The third-order valence-corrected chi connectivity index (χ3v) is 3.93. The molecule has 130 valence electrons. The number of nitrogens with zero attached hydrogens (tertiary/aromatic N) is 1. The van der Waals surface area contributed by atoms with E-state index >= 15 is 0 Å². The molecule has 9 heteroatoms. The van der Waals surface area contributed by atoms with Gasteiger partial charge in [-0.3, -0.25) is 20.2 Å². The number of nitro benzene ring substituents is 1. The van der Waals surface area contributed by atoms with Gasteiger partial charge in [-0.25, -0.2) is 0 Å². The van der Waals surface area contributed by atoms with E-state index in [1.165, 1.54) is 19.2 Å². The predicted octanol–water partition coefficient (Wildman–Crippen LogP) is 3.80. The number of methoxy groups -OCH3 is 1. The Morgan fingerprint density at radius 1 is 1.28 bits per heavy atom. The molecule has 2 aromatic rings. The van der Waals surface area contributed by atoms with E-state index in [9.17, 15) is 14.9 Å². The Bertz CT molecular complexity index is 857. The van der Waals surface area contributed by atoms with Crippen molar-refractivity contribution >= 4 is 50.5 Å². The van der Waals surface area contributed by atoms with E-state index < -0.39 is 10.8 Å². The van der Waals surface area contributed by atoms with Gasteiger partial charge in [-0.2, -0.15) is 0 Å². The van der Waals surface area contributed by atoms with Crippen LogP contribution in [0, 0.1) is 17.0 Å². The van der Waals surface area contributed by atoms with Crippen molar-refractivity contribution in [3.05, 3.63) is 62.1 Å². The minimum Gasteiger partial charge on any atom is -0.496 e. The van der Waals surface area contributed by atoms with Crippen LogP contribution in [-0.2, 0) is 0 Å². The molecule has 0 fully saturated rings. The van der Waals surface area contributed by atoms with Crippen molar-refractivity contribution < 1.29 is 14.5 Å². The topological polar surface area (TPSA) is 93.5 Å². The average Bonchev–Trinajstić information content (AvgIpc) is 2.56. The highest BCUT2D eigenvalue weighted by molar-refractivity contribution is 9.10. The van der Waals surface area contributed by atoms with Crippen LogP contribution >= 0.6 is 28.1 Å². The number of nitro groups is 1. The number of carbonyl (C=O) groups is 1. The molecule has 25 heavy (non-hydrogen) atoms. The molecule has 0 aromatic heterocycles. The summed E-state index contributed by atoms with van der Waals surface area (Å²) in [6.45, 7) is 1.75. The lowest BCUT2D eigenvalue weighted by atomic mass is 10.2. The summed E-state index contributed by atoms with van der Waals surface area (Å²) in [5.74, 6) is -0.116. The number of amides is 1. The van der Waals surface area contributed by atoms with Crippen molar-refractivity contribution in [3.63, 3.8) is 0 Å². The Morgan fingerprint density at radius 3 is 2.64 bits per heavy atom. The zero-order valence-corrected chi connectivity index (χ0v) is 15.7. The summed E-state index contributed by atoms with van der Waals surface area (Å²) in [6.07, 6.45) is 0. The van der Waals surface area contributed by atoms with Crippen molar-refractivity contribution in [1.29, 1.82) is 0 Å². The Kier molecular flexibility index (Phi) is 6.05. The van der Waals surface area contributed by atoms with Gasteiger partial charge in [-0.15, -0.1) is 0 Å². The van der Waals surface area contributed by atoms with E-state index in [0.29, 0.717) is 10.2 Å². The SMILES string of the molecule is COc1ccc(Br)cc1C(=O)NC(=S)Nc1ccc(C)cc1[N+](=O)[O-]. The number of anilines is 1. The second kappa shape index (κ2) is 8.04. The van der Waals surface area contributed by atoms with Crippen molar-refractivity contribution in [1.82, 2.24) is 5.32 Å². The van der Waals surface area contributed by atoms with E-state index in [2.05, 4.69) is 26.6 Å². The van der Waals surface area contributed by atoms with Crippen molar-refractivity contribution in [2.75, 3.05) is 12.4 Å². The van der Waals surface area contributed by atoms with Crippen molar-refractivity contribution in [2.45, 2.75) is 6.92 Å². The third kappa shape index (κ3) is 4.74. The number of thiocarbonyl (C=S) groups is 1. The first-order valence-electron chi connectivity index (χ1n) is 7.02. The lowest BCUT2D eigenvalue weighted by molar-refractivity contribution is -0.383. The maximum absolute atomic E-state index is 12.4. The molecule has 2 rings (SSSR count). The van der Waals surface area contributed by atoms with Crippen LogP contribution in [0.3, 0.4) is 0 Å². The van der Waals surface area contributed by atoms with Crippen LogP contribution in [0.2, 0.25) is 0 Å². The van der Waals surface area contributed by atoms with Crippen molar-refractivity contribution in [3.8, 4) is 5.75 Å². The fourth-order valence-corrected chi connectivity index (χ4v) is 2.64. The van der Waals surface area contributed by atoms with Crippen molar-refractivity contribution in [2.24, 2.45) is 0 Å². The highest BCUT2D eigenvalue weighted by Crippen LogP contribution is 2.26. The summed E-state index contributed by atoms with van der Waals surface area (Å²) in [5.41, 5.74) is 1.09. The largest absolute Gasteiger partial charge is 0.496 e. The lowest BCUT2D eigenvalue weighted by Gasteiger charge is -2.12. The maximum Gasteiger partial charge on any atom is 0.292 e. The first kappa shape index (κ1) is 18.8. The van der Waals surface area contributed by atoms with Crippen LogP contribution in [0.1, 0.15) is 15.9 Å². The van der Waals surface area contributed by atoms with Gasteiger partial charge in [0.05, 0.1) is 17.6 Å². The molecule has 0 spiro atoms. The third-order valence-electron chi connectivity index (χ3n) is 3.23. The molecule has 0 bridgehead atoms. The Labute approximate surface area is 157 Å². The van der Waals surface area contributed by atoms with Crippen LogP contribution in [0.4, 0.5) is 11.4 Å². The minimum absolute atomic E-state index is 0.0565. The van der Waals surface area contributed by atoms with Gasteiger partial charge in [0.15, 0.2) is 5.11 Å². The average molecular weight is 424 g/mol. The number of carbonyl (C=O) groups excluding carboxylic acids is 1. The molecule has 0 aliphatic heterocycles. The standard InChI is InChI=1S/C16H14BrN3O4S/c1-9-3-5-12(13(7-9)20(22)23)18-16(25)19-15(21)11-8-10(17)4-6-14(11)24-2/h3-8H,1-2H3,(H2,18,19,21,25). The minimum atomic E-state index is -0.517. The normalized spacial score (nSPS) is 10.0. The summed E-state index contributed by atoms with van der Waals surface area (Å²) in [7, 11) is 1.45. The van der Waals surface area contributed by atoms with Gasteiger partial charge in [0.1, 0.15) is 11.4 Å². The molecule has 7 nitrogen and oxygen atoms in total. The van der Waals surface area contributed by atoms with Crippen LogP contribution < -0.4 is 15.4 Å². The molecule has 2 N–H and O–H groups in total. The first-order chi connectivity index (χ1) is 11.8. The summed E-state index contributed by atoms with van der Waals surface area (Å²) >= 11 is 8.37. The Balaban J connectivity index is 2.17. The second-order valence-corrected chi connectivity index (χ2v) is 6.35. The molecule has 0 aliphatic carbocycles. The Hall–Kier alpha value is -2.52. The molecule has 0 aliphatic rings. The quantitative estimate of drug-likeness (QED) is 0.441.